The van der Waals surface area contributed by atoms with Crippen molar-refractivity contribution in [2.75, 3.05) is 19.8 Å². The number of rotatable bonds is 18. The molecule has 0 aromatic heterocycles. The number of hydrogen-bond donors (Lipinski definition) is 3. The normalized spacial score (nSPS) is 23.6. The molecule has 0 aromatic rings. The maximum atomic E-state index is 9.82. The van der Waals surface area contributed by atoms with Crippen molar-refractivity contribution in [1.29, 1.82) is 0 Å². The quantitative estimate of drug-likeness (QED) is 0.238. The molecule has 0 amide bonds. The summed E-state index contributed by atoms with van der Waals surface area (Å²) in [6.07, 6.45) is 17.9. The second-order valence-electron chi connectivity index (χ2n) is 8.03. The van der Waals surface area contributed by atoms with Crippen LogP contribution >= 0.6 is 0 Å². The molecule has 3 N–H and O–H groups in total. The van der Waals surface area contributed by atoms with Gasteiger partial charge in [-0.25, -0.2) is 0 Å². The number of ether oxygens (including phenoxy) is 2. The Morgan fingerprint density at radius 3 is 2.00 bits per heavy atom. The summed E-state index contributed by atoms with van der Waals surface area (Å²) < 4.78 is 11.0. The van der Waals surface area contributed by atoms with Crippen LogP contribution in [-0.4, -0.2) is 59.6 Å². The lowest BCUT2D eigenvalue weighted by atomic mass is 10.1. The fourth-order valence-electron chi connectivity index (χ4n) is 3.61. The monoisotopic (exact) mass is 400 g/mol. The van der Waals surface area contributed by atoms with Crippen LogP contribution in [-0.2, 0) is 9.47 Å². The van der Waals surface area contributed by atoms with E-state index < -0.39 is 24.4 Å². The third-order valence-electron chi connectivity index (χ3n) is 5.47. The summed E-state index contributed by atoms with van der Waals surface area (Å²) in [5, 5.41) is 28.7. The summed E-state index contributed by atoms with van der Waals surface area (Å²) in [7, 11) is 0. The Morgan fingerprint density at radius 2 is 1.46 bits per heavy atom. The fourth-order valence-corrected chi connectivity index (χ4v) is 3.61. The van der Waals surface area contributed by atoms with Crippen LogP contribution in [0, 0.1) is 0 Å². The van der Waals surface area contributed by atoms with Gasteiger partial charge >= 0.3 is 0 Å². The van der Waals surface area contributed by atoms with Gasteiger partial charge < -0.3 is 24.8 Å². The van der Waals surface area contributed by atoms with E-state index in [1.807, 2.05) is 0 Å². The van der Waals surface area contributed by atoms with E-state index in [0.717, 1.165) is 12.8 Å². The van der Waals surface area contributed by atoms with E-state index in [1.165, 1.54) is 70.6 Å². The first kappa shape index (κ1) is 25.6. The number of unbranched alkanes of at least 4 members (excludes halogenated alkanes) is 11. The zero-order valence-corrected chi connectivity index (χ0v) is 17.9. The smallest absolute Gasteiger partial charge is 0.114 e. The molecule has 1 saturated heterocycles. The Bertz CT molecular complexity index is 374. The van der Waals surface area contributed by atoms with E-state index in [4.69, 9.17) is 9.47 Å². The molecule has 5 heteroatoms. The van der Waals surface area contributed by atoms with Gasteiger partial charge in [-0.2, -0.15) is 0 Å². The second kappa shape index (κ2) is 17.4. The van der Waals surface area contributed by atoms with E-state index in [9.17, 15) is 15.3 Å². The van der Waals surface area contributed by atoms with Crippen molar-refractivity contribution in [3.8, 4) is 0 Å². The standard InChI is InChI=1S/C23H44O5/c1-2-3-4-5-6-7-8-9-10-11-12-13-14-15-16-17-27-21(18-24)23-22(26)20(25)19-28-23/h9-10,20-26H,2-8,11-19H2,1H3/b10-9+/t20-,21+,22+,23+/m0/s1. The molecule has 4 atom stereocenters. The topological polar surface area (TPSA) is 79.2 Å². The van der Waals surface area contributed by atoms with Gasteiger partial charge in [0, 0.05) is 6.61 Å². The first-order valence-corrected chi connectivity index (χ1v) is 11.6. The van der Waals surface area contributed by atoms with Gasteiger partial charge in [0.25, 0.3) is 0 Å². The summed E-state index contributed by atoms with van der Waals surface area (Å²) in [6, 6.07) is 0. The zero-order valence-electron chi connectivity index (χ0n) is 17.9. The minimum Gasteiger partial charge on any atom is -0.394 e. The number of aliphatic hydroxyl groups is 3. The van der Waals surface area contributed by atoms with Crippen LogP contribution in [0.2, 0.25) is 0 Å². The highest BCUT2D eigenvalue weighted by molar-refractivity contribution is 4.88. The maximum Gasteiger partial charge on any atom is 0.114 e. The molecular formula is C23H44O5. The Balaban J connectivity index is 1.88. The molecule has 1 fully saturated rings. The average Bonchev–Trinajstić information content (AvgIpc) is 3.03. The van der Waals surface area contributed by atoms with Gasteiger partial charge in [-0.3, -0.25) is 0 Å². The van der Waals surface area contributed by atoms with Gasteiger partial charge in [0.1, 0.15) is 24.4 Å². The average molecular weight is 401 g/mol. The van der Waals surface area contributed by atoms with Gasteiger partial charge in [0.15, 0.2) is 0 Å². The van der Waals surface area contributed by atoms with Crippen LogP contribution in [0.25, 0.3) is 0 Å². The molecule has 0 radical (unpaired) electrons. The molecule has 0 aliphatic carbocycles. The maximum absolute atomic E-state index is 9.82. The number of hydrogen-bond acceptors (Lipinski definition) is 5. The number of allylic oxidation sites excluding steroid dienone is 2. The predicted molar refractivity (Wildman–Crippen MR) is 113 cm³/mol. The van der Waals surface area contributed by atoms with Crippen LogP contribution in [0.1, 0.15) is 90.4 Å². The van der Waals surface area contributed by atoms with Crippen molar-refractivity contribution in [1.82, 2.24) is 0 Å². The summed E-state index contributed by atoms with van der Waals surface area (Å²) in [6.45, 7) is 2.69. The highest BCUT2D eigenvalue weighted by Crippen LogP contribution is 2.20. The first-order valence-electron chi connectivity index (χ1n) is 11.6. The van der Waals surface area contributed by atoms with E-state index in [-0.39, 0.29) is 13.2 Å². The third-order valence-corrected chi connectivity index (χ3v) is 5.47. The van der Waals surface area contributed by atoms with Crippen molar-refractivity contribution in [3.63, 3.8) is 0 Å². The van der Waals surface area contributed by atoms with Crippen molar-refractivity contribution < 1.29 is 24.8 Å². The van der Waals surface area contributed by atoms with Crippen molar-refractivity contribution in [2.45, 2.75) is 115 Å². The molecule has 28 heavy (non-hydrogen) atoms. The first-order chi connectivity index (χ1) is 13.7. The fraction of sp³-hybridized carbons (Fsp3) is 0.913. The van der Waals surface area contributed by atoms with Crippen molar-refractivity contribution in [3.05, 3.63) is 12.2 Å². The van der Waals surface area contributed by atoms with E-state index in [0.29, 0.717) is 6.61 Å². The van der Waals surface area contributed by atoms with Gasteiger partial charge in [0.05, 0.1) is 13.2 Å². The lowest BCUT2D eigenvalue weighted by Gasteiger charge is -2.24. The second-order valence-corrected chi connectivity index (χ2v) is 8.03. The Labute approximate surface area is 172 Å². The Hall–Kier alpha value is -0.460. The summed E-state index contributed by atoms with van der Waals surface area (Å²) >= 11 is 0. The van der Waals surface area contributed by atoms with Gasteiger partial charge in [0.2, 0.25) is 0 Å². The van der Waals surface area contributed by atoms with E-state index >= 15 is 0 Å². The van der Waals surface area contributed by atoms with Gasteiger partial charge in [-0.15, -0.1) is 0 Å². The minimum atomic E-state index is -0.980. The molecule has 5 nitrogen and oxygen atoms in total. The van der Waals surface area contributed by atoms with Crippen LogP contribution in [0.3, 0.4) is 0 Å². The third kappa shape index (κ3) is 11.5. The summed E-state index contributed by atoms with van der Waals surface area (Å²) in [4.78, 5) is 0. The van der Waals surface area contributed by atoms with E-state index in [1.54, 1.807) is 0 Å². The van der Waals surface area contributed by atoms with Crippen LogP contribution in [0.15, 0.2) is 12.2 Å². The highest BCUT2D eigenvalue weighted by Gasteiger charge is 2.40. The molecule has 0 unspecified atom stereocenters. The Morgan fingerprint density at radius 1 is 0.893 bits per heavy atom. The molecule has 1 heterocycles. The molecule has 0 aromatic carbocycles. The van der Waals surface area contributed by atoms with Crippen LogP contribution in [0.4, 0.5) is 0 Å². The largest absolute Gasteiger partial charge is 0.394 e. The lowest BCUT2D eigenvalue weighted by molar-refractivity contribution is -0.101. The molecular weight excluding hydrogens is 356 g/mol. The van der Waals surface area contributed by atoms with Crippen molar-refractivity contribution in [2.24, 2.45) is 0 Å². The zero-order chi connectivity index (χ0) is 20.5. The summed E-state index contributed by atoms with van der Waals surface area (Å²) in [5.74, 6) is 0. The molecule has 0 spiro atoms. The van der Waals surface area contributed by atoms with E-state index in [2.05, 4.69) is 19.1 Å². The predicted octanol–water partition coefficient (Wildman–Crippen LogP) is 4.13. The van der Waals surface area contributed by atoms with Crippen molar-refractivity contribution >= 4 is 0 Å². The molecule has 166 valence electrons. The SMILES string of the molecule is CCCCCCCC/C=C/CCCCCCCO[C@H](CO)[C@H]1OC[C@H](O)[C@H]1O. The molecule has 0 bridgehead atoms. The number of aliphatic hydroxyl groups excluding tert-OH is 3. The Kier molecular flexibility index (Phi) is 15.9. The summed E-state index contributed by atoms with van der Waals surface area (Å²) in [5.41, 5.74) is 0. The van der Waals surface area contributed by atoms with Gasteiger partial charge in [-0.1, -0.05) is 70.4 Å². The minimum absolute atomic E-state index is 0.0963. The lowest BCUT2D eigenvalue weighted by Crippen LogP contribution is -2.42. The molecule has 1 rings (SSSR count). The van der Waals surface area contributed by atoms with Crippen LogP contribution < -0.4 is 0 Å². The highest BCUT2D eigenvalue weighted by atomic mass is 16.6. The molecule has 1 aliphatic heterocycles. The van der Waals surface area contributed by atoms with Crippen LogP contribution in [0.5, 0.6) is 0 Å². The molecule has 0 saturated carbocycles. The molecule has 1 aliphatic rings. The van der Waals surface area contributed by atoms with Gasteiger partial charge in [-0.05, 0) is 32.1 Å².